The topological polar surface area (TPSA) is 60.9 Å². The third-order valence-corrected chi connectivity index (χ3v) is 2.35. The molecule has 0 fully saturated rings. The van der Waals surface area contributed by atoms with Crippen molar-refractivity contribution in [3.8, 4) is 0 Å². The average Bonchev–Trinajstić information content (AvgIpc) is 2.70. The minimum atomic E-state index is -0.0231. The number of nitrogens with one attached hydrogen (secondary N) is 2. The molecule has 86 valence electrons. The third-order valence-electron chi connectivity index (χ3n) is 2.35. The highest BCUT2D eigenvalue weighted by atomic mass is 16.3. The fourth-order valence-corrected chi connectivity index (χ4v) is 1.30. The molecule has 0 aromatic carbocycles. The van der Waals surface area contributed by atoms with Crippen molar-refractivity contribution in [1.82, 2.24) is 15.3 Å². The number of hydrogen-bond donors (Lipinski definition) is 3. The molecule has 3 N–H and O–H groups in total. The zero-order valence-corrected chi connectivity index (χ0v) is 9.58. The summed E-state index contributed by atoms with van der Waals surface area (Å²) in [4.78, 5) is 7.23. The molecule has 0 aliphatic carbocycles. The molecule has 0 atom stereocenters. The minimum Gasteiger partial charge on any atom is -0.396 e. The molecule has 0 amide bonds. The van der Waals surface area contributed by atoms with Crippen molar-refractivity contribution >= 4 is 0 Å². The first-order valence-corrected chi connectivity index (χ1v) is 5.44. The van der Waals surface area contributed by atoms with Gasteiger partial charge in [-0.25, -0.2) is 4.98 Å². The average molecular weight is 211 g/mol. The number of aliphatic hydroxyl groups is 1. The molecule has 4 nitrogen and oxygen atoms in total. The predicted molar refractivity (Wildman–Crippen MR) is 60.6 cm³/mol. The second-order valence-corrected chi connectivity index (χ2v) is 4.64. The zero-order chi connectivity index (χ0) is 11.1. The van der Waals surface area contributed by atoms with Crippen LogP contribution in [0, 0.1) is 5.41 Å². The van der Waals surface area contributed by atoms with Gasteiger partial charge in [-0.15, -0.1) is 0 Å². The Balaban J connectivity index is 2.03. The number of hydrogen-bond acceptors (Lipinski definition) is 3. The Morgan fingerprint density at radius 3 is 2.93 bits per heavy atom. The molecule has 0 aliphatic heterocycles. The second-order valence-electron chi connectivity index (χ2n) is 4.64. The molecule has 15 heavy (non-hydrogen) atoms. The number of imidazole rings is 1. The van der Waals surface area contributed by atoms with E-state index in [-0.39, 0.29) is 12.0 Å². The van der Waals surface area contributed by atoms with Gasteiger partial charge in [0.05, 0.1) is 0 Å². The summed E-state index contributed by atoms with van der Waals surface area (Å²) in [6.45, 7) is 6.13. The Hall–Kier alpha value is -0.870. The monoisotopic (exact) mass is 211 g/mol. The first-order chi connectivity index (χ1) is 7.14. The van der Waals surface area contributed by atoms with Gasteiger partial charge in [-0.1, -0.05) is 13.8 Å². The van der Waals surface area contributed by atoms with Crippen molar-refractivity contribution in [3.05, 3.63) is 18.2 Å². The van der Waals surface area contributed by atoms with Gasteiger partial charge in [0.15, 0.2) is 0 Å². The van der Waals surface area contributed by atoms with Gasteiger partial charge in [-0.2, -0.15) is 0 Å². The fourth-order valence-electron chi connectivity index (χ4n) is 1.30. The number of rotatable bonds is 7. The maximum absolute atomic E-state index is 9.05. The molecule has 1 heterocycles. The predicted octanol–water partition coefficient (Wildman–Crippen LogP) is 0.950. The Bertz CT molecular complexity index is 257. The highest BCUT2D eigenvalue weighted by molar-refractivity contribution is 4.86. The molecule has 0 saturated carbocycles. The lowest BCUT2D eigenvalue weighted by Crippen LogP contribution is -2.32. The molecule has 0 spiro atoms. The van der Waals surface area contributed by atoms with Crippen LogP contribution in [0.4, 0.5) is 0 Å². The number of aliphatic hydroxyl groups excluding tert-OH is 1. The summed E-state index contributed by atoms with van der Waals surface area (Å²) in [6.07, 6.45) is 5.66. The summed E-state index contributed by atoms with van der Waals surface area (Å²) in [7, 11) is 0. The summed E-state index contributed by atoms with van der Waals surface area (Å²) in [5, 5.41) is 12.4. The second kappa shape index (κ2) is 5.88. The lowest BCUT2D eigenvalue weighted by molar-refractivity contribution is 0.157. The smallest absolute Gasteiger partial charge is 0.106 e. The molecule has 0 unspecified atom stereocenters. The van der Waals surface area contributed by atoms with E-state index >= 15 is 0 Å². The Morgan fingerprint density at radius 1 is 1.53 bits per heavy atom. The van der Waals surface area contributed by atoms with Crippen molar-refractivity contribution in [2.24, 2.45) is 5.41 Å². The van der Waals surface area contributed by atoms with Gasteiger partial charge in [0.1, 0.15) is 5.82 Å². The molecular formula is C11H21N3O. The SMILES string of the molecule is CC(C)(CO)CNCCCc1ncc[nH]1. The van der Waals surface area contributed by atoms with E-state index in [1.54, 1.807) is 6.20 Å². The van der Waals surface area contributed by atoms with Gasteiger partial charge in [0.2, 0.25) is 0 Å². The molecule has 0 bridgehead atoms. The molecular weight excluding hydrogens is 190 g/mol. The molecule has 1 rings (SSSR count). The van der Waals surface area contributed by atoms with Crippen LogP contribution in [0.15, 0.2) is 12.4 Å². The van der Waals surface area contributed by atoms with Gasteiger partial charge in [-0.3, -0.25) is 0 Å². The summed E-state index contributed by atoms with van der Waals surface area (Å²) in [5.41, 5.74) is -0.0231. The maximum Gasteiger partial charge on any atom is 0.106 e. The van der Waals surface area contributed by atoms with E-state index < -0.39 is 0 Å². The van der Waals surface area contributed by atoms with Crippen LogP contribution in [0.25, 0.3) is 0 Å². The van der Waals surface area contributed by atoms with E-state index in [0.29, 0.717) is 0 Å². The van der Waals surface area contributed by atoms with E-state index in [1.807, 2.05) is 20.0 Å². The maximum atomic E-state index is 9.05. The van der Waals surface area contributed by atoms with Crippen LogP contribution in [0.3, 0.4) is 0 Å². The fraction of sp³-hybridized carbons (Fsp3) is 0.727. The van der Waals surface area contributed by atoms with Crippen molar-refractivity contribution in [2.45, 2.75) is 26.7 Å². The Labute approximate surface area is 91.1 Å². The number of nitrogens with zero attached hydrogens (tertiary/aromatic N) is 1. The van der Waals surface area contributed by atoms with Gasteiger partial charge >= 0.3 is 0 Å². The number of aryl methyl sites for hydroxylation is 1. The summed E-state index contributed by atoms with van der Waals surface area (Å²) in [5.74, 6) is 1.04. The van der Waals surface area contributed by atoms with Crippen LogP contribution in [-0.2, 0) is 6.42 Å². The van der Waals surface area contributed by atoms with Gasteiger partial charge in [0.25, 0.3) is 0 Å². The van der Waals surface area contributed by atoms with E-state index in [1.165, 1.54) is 0 Å². The molecule has 0 aliphatic rings. The van der Waals surface area contributed by atoms with Crippen molar-refractivity contribution < 1.29 is 5.11 Å². The van der Waals surface area contributed by atoms with Crippen LogP contribution in [0.1, 0.15) is 26.1 Å². The van der Waals surface area contributed by atoms with Gasteiger partial charge in [-0.05, 0) is 13.0 Å². The quantitative estimate of drug-likeness (QED) is 0.588. The Morgan fingerprint density at radius 2 is 2.33 bits per heavy atom. The summed E-state index contributed by atoms with van der Waals surface area (Å²) in [6, 6.07) is 0. The molecule has 1 aromatic rings. The number of H-pyrrole nitrogens is 1. The first-order valence-electron chi connectivity index (χ1n) is 5.44. The van der Waals surface area contributed by atoms with E-state index in [9.17, 15) is 0 Å². The van der Waals surface area contributed by atoms with Crippen LogP contribution < -0.4 is 5.32 Å². The van der Waals surface area contributed by atoms with Gasteiger partial charge in [0, 0.05) is 37.4 Å². The molecule has 0 saturated heterocycles. The van der Waals surface area contributed by atoms with Crippen molar-refractivity contribution in [3.63, 3.8) is 0 Å². The lowest BCUT2D eigenvalue weighted by Gasteiger charge is -2.21. The van der Waals surface area contributed by atoms with Crippen LogP contribution >= 0.6 is 0 Å². The summed E-state index contributed by atoms with van der Waals surface area (Å²) >= 11 is 0. The Kier molecular flexibility index (Phi) is 4.78. The minimum absolute atomic E-state index is 0.0231. The normalized spacial score (nSPS) is 11.9. The summed E-state index contributed by atoms with van der Waals surface area (Å²) < 4.78 is 0. The van der Waals surface area contributed by atoms with Crippen LogP contribution in [0.5, 0.6) is 0 Å². The standard InChI is InChI=1S/C11H21N3O/c1-11(2,9-15)8-12-5-3-4-10-13-6-7-14-10/h6-7,12,15H,3-5,8-9H2,1-2H3,(H,13,14). The highest BCUT2D eigenvalue weighted by Gasteiger charge is 2.14. The number of aromatic amines is 1. The van der Waals surface area contributed by atoms with E-state index in [4.69, 9.17) is 5.11 Å². The molecule has 4 heteroatoms. The van der Waals surface area contributed by atoms with Crippen LogP contribution in [-0.4, -0.2) is 34.8 Å². The van der Waals surface area contributed by atoms with Crippen molar-refractivity contribution in [2.75, 3.05) is 19.7 Å². The van der Waals surface area contributed by atoms with Gasteiger partial charge < -0.3 is 15.4 Å². The van der Waals surface area contributed by atoms with Crippen LogP contribution in [0.2, 0.25) is 0 Å². The first kappa shape index (κ1) is 12.2. The number of aromatic nitrogens is 2. The van der Waals surface area contributed by atoms with E-state index in [0.717, 1.165) is 31.8 Å². The van der Waals surface area contributed by atoms with E-state index in [2.05, 4.69) is 15.3 Å². The lowest BCUT2D eigenvalue weighted by atomic mass is 9.95. The highest BCUT2D eigenvalue weighted by Crippen LogP contribution is 2.10. The molecule has 0 radical (unpaired) electrons. The zero-order valence-electron chi connectivity index (χ0n) is 9.58. The molecule has 1 aromatic heterocycles. The third kappa shape index (κ3) is 4.95. The largest absolute Gasteiger partial charge is 0.396 e. The van der Waals surface area contributed by atoms with Crippen molar-refractivity contribution in [1.29, 1.82) is 0 Å².